The molecule has 20 heavy (non-hydrogen) atoms. The molecule has 1 aromatic rings. The minimum Gasteiger partial charge on any atom is -0.315 e. The van der Waals surface area contributed by atoms with Crippen molar-refractivity contribution >= 4 is 17.4 Å². The van der Waals surface area contributed by atoms with Crippen molar-refractivity contribution in [3.63, 3.8) is 0 Å². The number of amides is 1. The number of benzene rings is 1. The van der Waals surface area contributed by atoms with E-state index in [-0.39, 0.29) is 23.7 Å². The average molecular weight is 274 g/mol. The molecule has 1 aromatic carbocycles. The zero-order chi connectivity index (χ0) is 14.9. The molecule has 1 aliphatic rings. The molecule has 1 N–H and O–H groups in total. The molecule has 1 aliphatic heterocycles. The zero-order valence-electron chi connectivity index (χ0n) is 12.6. The summed E-state index contributed by atoms with van der Waals surface area (Å²) in [7, 11) is 1.77. The maximum atomic E-state index is 12.6. The Morgan fingerprint density at radius 3 is 2.70 bits per heavy atom. The molecule has 0 aliphatic carbocycles. The molecule has 1 unspecified atom stereocenters. The Balaban J connectivity index is 2.28. The first-order valence-corrected chi connectivity index (χ1v) is 7.12. The van der Waals surface area contributed by atoms with Crippen molar-refractivity contribution in [1.29, 1.82) is 0 Å². The van der Waals surface area contributed by atoms with Crippen molar-refractivity contribution < 1.29 is 9.59 Å². The Morgan fingerprint density at radius 1 is 1.40 bits per heavy atom. The number of likely N-dealkylation sites (N-methyl/N-ethyl adjacent to an activating group) is 2. The van der Waals surface area contributed by atoms with Gasteiger partial charge in [-0.3, -0.25) is 9.59 Å². The first kappa shape index (κ1) is 14.7. The molecule has 0 radical (unpaired) electrons. The molecule has 4 nitrogen and oxygen atoms in total. The first-order chi connectivity index (χ1) is 9.45. The van der Waals surface area contributed by atoms with Crippen LogP contribution in [0.2, 0.25) is 0 Å². The Kier molecular flexibility index (Phi) is 4.23. The van der Waals surface area contributed by atoms with Crippen LogP contribution < -0.4 is 10.2 Å². The van der Waals surface area contributed by atoms with Gasteiger partial charge in [-0.05, 0) is 36.2 Å². The third-order valence-electron chi connectivity index (χ3n) is 3.81. The van der Waals surface area contributed by atoms with Crippen LogP contribution in [0.3, 0.4) is 0 Å². The molecule has 1 atom stereocenters. The number of nitrogens with one attached hydrogen (secondary N) is 1. The van der Waals surface area contributed by atoms with E-state index in [2.05, 4.69) is 5.32 Å². The fourth-order valence-electron chi connectivity index (χ4n) is 2.65. The third kappa shape index (κ3) is 2.61. The zero-order valence-corrected chi connectivity index (χ0v) is 12.6. The summed E-state index contributed by atoms with van der Waals surface area (Å²) in [5.41, 5.74) is 2.55. The second-order valence-electron chi connectivity index (χ2n) is 5.62. The molecule has 0 bridgehead atoms. The van der Waals surface area contributed by atoms with E-state index in [0.29, 0.717) is 12.0 Å². The van der Waals surface area contributed by atoms with Crippen LogP contribution in [-0.4, -0.2) is 31.3 Å². The van der Waals surface area contributed by atoms with Crippen LogP contribution in [0.5, 0.6) is 0 Å². The molecule has 0 saturated heterocycles. The molecule has 0 aromatic heterocycles. The molecule has 0 saturated carbocycles. The monoisotopic (exact) mass is 274 g/mol. The van der Waals surface area contributed by atoms with Gasteiger partial charge >= 0.3 is 0 Å². The quantitative estimate of drug-likeness (QED) is 0.836. The van der Waals surface area contributed by atoms with E-state index in [9.17, 15) is 9.59 Å². The summed E-state index contributed by atoms with van der Waals surface area (Å²) >= 11 is 0. The van der Waals surface area contributed by atoms with Crippen LogP contribution in [0.4, 0.5) is 5.69 Å². The van der Waals surface area contributed by atoms with E-state index < -0.39 is 0 Å². The number of nitrogens with zero attached hydrogens (tertiary/aromatic N) is 1. The van der Waals surface area contributed by atoms with E-state index in [1.807, 2.05) is 39.0 Å². The fraction of sp³-hybridized carbons (Fsp3) is 0.500. The second-order valence-corrected chi connectivity index (χ2v) is 5.62. The van der Waals surface area contributed by atoms with Crippen LogP contribution in [0, 0.1) is 5.92 Å². The number of hydrogen-bond acceptors (Lipinski definition) is 3. The average Bonchev–Trinajstić information content (AvgIpc) is 2.70. The molecule has 0 spiro atoms. The Hall–Kier alpha value is -1.68. The third-order valence-corrected chi connectivity index (χ3v) is 3.81. The highest BCUT2D eigenvalue weighted by Gasteiger charge is 2.27. The summed E-state index contributed by atoms with van der Waals surface area (Å²) in [6.45, 7) is 6.84. The minimum atomic E-state index is -0.173. The molecule has 108 valence electrons. The lowest BCUT2D eigenvalue weighted by Gasteiger charge is -2.21. The van der Waals surface area contributed by atoms with Gasteiger partial charge in [-0.2, -0.15) is 0 Å². The van der Waals surface area contributed by atoms with Gasteiger partial charge in [0.2, 0.25) is 5.91 Å². The minimum absolute atomic E-state index is 0.0803. The van der Waals surface area contributed by atoms with Crippen LogP contribution in [0.25, 0.3) is 0 Å². The molecule has 0 fully saturated rings. The van der Waals surface area contributed by atoms with Crippen LogP contribution in [0.15, 0.2) is 18.2 Å². The van der Waals surface area contributed by atoms with Crippen LogP contribution >= 0.6 is 0 Å². The van der Waals surface area contributed by atoms with Gasteiger partial charge in [0.25, 0.3) is 0 Å². The number of anilines is 1. The number of carbonyl (C=O) groups excluding carboxylic acids is 2. The lowest BCUT2D eigenvalue weighted by molar-refractivity contribution is -0.117. The topological polar surface area (TPSA) is 49.4 Å². The normalized spacial score (nSPS) is 15.7. The number of fused-ring (bicyclic) bond motifs is 1. The van der Waals surface area contributed by atoms with Gasteiger partial charge < -0.3 is 10.2 Å². The van der Waals surface area contributed by atoms with Gasteiger partial charge in [0.15, 0.2) is 5.78 Å². The Bertz CT molecular complexity index is 537. The highest BCUT2D eigenvalue weighted by atomic mass is 16.2. The molecule has 2 rings (SSSR count). The van der Waals surface area contributed by atoms with E-state index in [1.165, 1.54) is 0 Å². The van der Waals surface area contributed by atoms with Crippen LogP contribution in [-0.2, 0) is 11.2 Å². The lowest BCUT2D eigenvalue weighted by Crippen LogP contribution is -2.40. The second kappa shape index (κ2) is 5.75. The van der Waals surface area contributed by atoms with Gasteiger partial charge in [0.1, 0.15) is 0 Å². The highest BCUT2D eigenvalue weighted by molar-refractivity contribution is 6.04. The van der Waals surface area contributed by atoms with Gasteiger partial charge in [-0.15, -0.1) is 0 Å². The number of hydrogen-bond donors (Lipinski definition) is 1. The lowest BCUT2D eigenvalue weighted by atomic mass is 9.93. The predicted octanol–water partition coefficient (Wildman–Crippen LogP) is 2.02. The number of Topliss-reactive ketones (excluding diaryl/α,β-unsaturated/α-hetero) is 1. The van der Waals surface area contributed by atoms with Crippen molar-refractivity contribution in [3.8, 4) is 0 Å². The summed E-state index contributed by atoms with van der Waals surface area (Å²) < 4.78 is 0. The summed E-state index contributed by atoms with van der Waals surface area (Å²) in [6.07, 6.45) is 0.389. The summed E-state index contributed by atoms with van der Waals surface area (Å²) in [6, 6.07) is 5.39. The fourth-order valence-corrected chi connectivity index (χ4v) is 2.65. The van der Waals surface area contributed by atoms with Gasteiger partial charge in [-0.25, -0.2) is 0 Å². The Labute approximate surface area is 120 Å². The van der Waals surface area contributed by atoms with Crippen molar-refractivity contribution in [3.05, 3.63) is 29.3 Å². The highest BCUT2D eigenvalue weighted by Crippen LogP contribution is 2.29. The van der Waals surface area contributed by atoms with Crippen molar-refractivity contribution in [1.82, 2.24) is 5.32 Å². The predicted molar refractivity (Wildman–Crippen MR) is 80.2 cm³/mol. The van der Waals surface area contributed by atoms with Gasteiger partial charge in [0.05, 0.1) is 12.5 Å². The van der Waals surface area contributed by atoms with Crippen molar-refractivity contribution in [2.45, 2.75) is 33.2 Å². The SMILES string of the molecule is CCNC(C(=O)c1ccc2c(c1)CC(=O)N2C)C(C)C. The summed E-state index contributed by atoms with van der Waals surface area (Å²) in [5.74, 6) is 0.420. The number of ketones is 1. The number of carbonyl (C=O) groups is 2. The van der Waals surface area contributed by atoms with E-state index >= 15 is 0 Å². The summed E-state index contributed by atoms with van der Waals surface area (Å²) in [5, 5.41) is 3.24. The molecule has 1 amide bonds. The Morgan fingerprint density at radius 2 is 2.10 bits per heavy atom. The molecular weight excluding hydrogens is 252 g/mol. The maximum absolute atomic E-state index is 12.6. The maximum Gasteiger partial charge on any atom is 0.231 e. The van der Waals surface area contributed by atoms with Gasteiger partial charge in [0, 0.05) is 18.3 Å². The van der Waals surface area contributed by atoms with E-state index in [4.69, 9.17) is 0 Å². The van der Waals surface area contributed by atoms with Crippen molar-refractivity contribution in [2.75, 3.05) is 18.5 Å². The summed E-state index contributed by atoms with van der Waals surface area (Å²) in [4.78, 5) is 25.9. The largest absolute Gasteiger partial charge is 0.315 e. The van der Waals surface area contributed by atoms with Crippen LogP contribution in [0.1, 0.15) is 36.7 Å². The van der Waals surface area contributed by atoms with Crippen molar-refractivity contribution in [2.24, 2.45) is 5.92 Å². The van der Waals surface area contributed by atoms with E-state index in [0.717, 1.165) is 17.8 Å². The standard InChI is InChI=1S/C16H22N2O2/c1-5-17-15(10(2)3)16(20)11-6-7-13-12(8-11)9-14(19)18(13)4/h6-8,10,15,17H,5,9H2,1-4H3. The smallest absolute Gasteiger partial charge is 0.231 e. The molecule has 1 heterocycles. The first-order valence-electron chi connectivity index (χ1n) is 7.12. The van der Waals surface area contributed by atoms with E-state index in [1.54, 1.807) is 11.9 Å². The molecule has 4 heteroatoms. The van der Waals surface area contributed by atoms with Gasteiger partial charge in [-0.1, -0.05) is 20.8 Å². The molecular formula is C16H22N2O2. The number of rotatable bonds is 5.